The fourth-order valence-electron chi connectivity index (χ4n) is 1.89. The average Bonchev–Trinajstić information content (AvgIpc) is 2.54. The summed E-state index contributed by atoms with van der Waals surface area (Å²) in [6.07, 6.45) is 3.45. The van der Waals surface area contributed by atoms with Crippen molar-refractivity contribution < 1.29 is 4.79 Å². The Balaban J connectivity index is 2.10. The molecule has 0 saturated heterocycles. The second-order valence-electron chi connectivity index (χ2n) is 4.57. The zero-order chi connectivity index (χ0) is 15.1. The van der Waals surface area contributed by atoms with E-state index in [2.05, 4.69) is 22.1 Å². The molecule has 0 aliphatic rings. The van der Waals surface area contributed by atoms with Crippen molar-refractivity contribution in [2.45, 2.75) is 13.0 Å². The van der Waals surface area contributed by atoms with Crippen LogP contribution in [-0.4, -0.2) is 17.4 Å². The third-order valence-electron chi connectivity index (χ3n) is 2.99. The largest absolute Gasteiger partial charge is 0.345 e. The summed E-state index contributed by atoms with van der Waals surface area (Å²) in [6.45, 7) is 2.22. The Morgan fingerprint density at radius 3 is 2.95 bits per heavy atom. The molecule has 0 bridgehead atoms. The van der Waals surface area contributed by atoms with Crippen molar-refractivity contribution >= 4 is 5.91 Å². The molecule has 2 rings (SSSR count). The van der Waals surface area contributed by atoms with Crippen LogP contribution in [0.5, 0.6) is 0 Å². The number of rotatable bonds is 3. The van der Waals surface area contributed by atoms with Gasteiger partial charge in [0.15, 0.2) is 0 Å². The van der Waals surface area contributed by atoms with Crippen LogP contribution in [0, 0.1) is 11.8 Å². The summed E-state index contributed by atoms with van der Waals surface area (Å²) >= 11 is 0. The van der Waals surface area contributed by atoms with Gasteiger partial charge in [-0.1, -0.05) is 24.0 Å². The number of benzene rings is 1. The van der Waals surface area contributed by atoms with Crippen LogP contribution in [0.25, 0.3) is 0 Å². The molecule has 0 aliphatic carbocycles. The monoisotopic (exact) mass is 279 g/mol. The van der Waals surface area contributed by atoms with Gasteiger partial charge in [-0.15, -0.1) is 0 Å². The second kappa shape index (κ2) is 7.22. The second-order valence-corrected chi connectivity index (χ2v) is 4.57. The first-order chi connectivity index (χ1) is 10.2. The maximum Gasteiger partial charge on any atom is 0.251 e. The highest BCUT2D eigenvalue weighted by Gasteiger charge is 2.11. The van der Waals surface area contributed by atoms with Gasteiger partial charge in [0.1, 0.15) is 0 Å². The van der Waals surface area contributed by atoms with Gasteiger partial charge in [-0.2, -0.15) is 0 Å². The number of amides is 1. The minimum atomic E-state index is -0.136. The van der Waals surface area contributed by atoms with E-state index in [9.17, 15) is 4.79 Å². The van der Waals surface area contributed by atoms with Crippen LogP contribution >= 0.6 is 0 Å². The van der Waals surface area contributed by atoms with Crippen molar-refractivity contribution in [3.63, 3.8) is 0 Å². The average molecular weight is 279 g/mol. The Hall–Kier alpha value is -2.64. The van der Waals surface area contributed by atoms with Crippen molar-refractivity contribution in [3.05, 3.63) is 65.5 Å². The van der Waals surface area contributed by atoms with E-state index in [4.69, 9.17) is 5.73 Å². The van der Waals surface area contributed by atoms with Gasteiger partial charge in [-0.25, -0.2) is 0 Å². The lowest BCUT2D eigenvalue weighted by molar-refractivity contribution is 0.0940. The smallest absolute Gasteiger partial charge is 0.251 e. The Morgan fingerprint density at radius 2 is 2.24 bits per heavy atom. The van der Waals surface area contributed by atoms with E-state index in [-0.39, 0.29) is 11.9 Å². The summed E-state index contributed by atoms with van der Waals surface area (Å²) in [5.41, 5.74) is 7.67. The van der Waals surface area contributed by atoms with E-state index in [1.165, 1.54) is 0 Å². The number of hydrogen-bond donors (Lipinski definition) is 2. The van der Waals surface area contributed by atoms with Gasteiger partial charge < -0.3 is 11.1 Å². The van der Waals surface area contributed by atoms with Crippen molar-refractivity contribution in [2.24, 2.45) is 5.73 Å². The molecule has 0 radical (unpaired) electrons. The van der Waals surface area contributed by atoms with Crippen molar-refractivity contribution in [3.8, 4) is 11.8 Å². The zero-order valence-electron chi connectivity index (χ0n) is 11.8. The molecular formula is C17H17N3O. The maximum atomic E-state index is 12.3. The van der Waals surface area contributed by atoms with Gasteiger partial charge in [-0.3, -0.25) is 9.78 Å². The minimum Gasteiger partial charge on any atom is -0.345 e. The fourth-order valence-corrected chi connectivity index (χ4v) is 1.89. The Kier molecular flexibility index (Phi) is 5.08. The van der Waals surface area contributed by atoms with Gasteiger partial charge in [0.05, 0.1) is 12.6 Å². The molecule has 4 nitrogen and oxygen atoms in total. The summed E-state index contributed by atoms with van der Waals surface area (Å²) in [5, 5.41) is 2.94. The molecule has 1 aromatic carbocycles. The summed E-state index contributed by atoms with van der Waals surface area (Å²) in [4.78, 5) is 16.3. The lowest BCUT2D eigenvalue weighted by atomic mass is 10.1. The minimum absolute atomic E-state index is 0.106. The summed E-state index contributed by atoms with van der Waals surface area (Å²) in [7, 11) is 0. The highest BCUT2D eigenvalue weighted by molar-refractivity contribution is 5.94. The standard InChI is InChI=1S/C17H17N3O/c1-13(16-8-4-10-19-12-16)20-17(21)15-7-2-5-14(11-15)6-3-9-18/h2,4-5,7-8,10-13H,9,18H2,1H3,(H,20,21). The lowest BCUT2D eigenvalue weighted by Gasteiger charge is -2.14. The first kappa shape index (κ1) is 14.8. The highest BCUT2D eigenvalue weighted by atomic mass is 16.1. The van der Waals surface area contributed by atoms with Crippen LogP contribution in [0.2, 0.25) is 0 Å². The Labute approximate surface area is 124 Å². The molecule has 1 aromatic heterocycles. The van der Waals surface area contributed by atoms with Crippen molar-refractivity contribution in [1.82, 2.24) is 10.3 Å². The zero-order valence-corrected chi connectivity index (χ0v) is 11.8. The number of nitrogens with zero attached hydrogens (tertiary/aromatic N) is 1. The normalized spacial score (nSPS) is 11.1. The van der Waals surface area contributed by atoms with Gasteiger partial charge >= 0.3 is 0 Å². The molecule has 1 unspecified atom stereocenters. The number of hydrogen-bond acceptors (Lipinski definition) is 3. The molecule has 21 heavy (non-hydrogen) atoms. The number of nitrogens with one attached hydrogen (secondary N) is 1. The summed E-state index contributed by atoms with van der Waals surface area (Å²) in [6, 6.07) is 10.9. The van der Waals surface area contributed by atoms with E-state index >= 15 is 0 Å². The van der Waals surface area contributed by atoms with Crippen LogP contribution in [0.1, 0.15) is 34.5 Å². The summed E-state index contributed by atoms with van der Waals surface area (Å²) in [5.74, 6) is 5.56. The SMILES string of the molecule is CC(NC(=O)c1cccc(C#CCN)c1)c1cccnc1. The molecule has 106 valence electrons. The van der Waals surface area contributed by atoms with E-state index in [1.807, 2.05) is 31.2 Å². The van der Waals surface area contributed by atoms with Gasteiger partial charge in [0, 0.05) is 23.5 Å². The van der Waals surface area contributed by atoms with E-state index < -0.39 is 0 Å². The van der Waals surface area contributed by atoms with Gasteiger partial charge in [0.25, 0.3) is 5.91 Å². The van der Waals surface area contributed by atoms with Crippen LogP contribution in [0.3, 0.4) is 0 Å². The maximum absolute atomic E-state index is 12.3. The number of nitrogens with two attached hydrogens (primary N) is 1. The summed E-state index contributed by atoms with van der Waals surface area (Å²) < 4.78 is 0. The number of aromatic nitrogens is 1. The van der Waals surface area contributed by atoms with Crippen LogP contribution in [-0.2, 0) is 0 Å². The van der Waals surface area contributed by atoms with Crippen LogP contribution < -0.4 is 11.1 Å². The molecule has 1 atom stereocenters. The van der Waals surface area contributed by atoms with Crippen molar-refractivity contribution in [2.75, 3.05) is 6.54 Å². The lowest BCUT2D eigenvalue weighted by Crippen LogP contribution is -2.26. The Bertz CT molecular complexity index is 671. The third kappa shape index (κ3) is 4.16. The topological polar surface area (TPSA) is 68.0 Å². The fraction of sp³-hybridized carbons (Fsp3) is 0.176. The molecule has 0 saturated carbocycles. The predicted molar refractivity (Wildman–Crippen MR) is 82.5 cm³/mol. The quantitative estimate of drug-likeness (QED) is 0.843. The van der Waals surface area contributed by atoms with Gasteiger partial charge in [-0.05, 0) is 36.8 Å². The first-order valence-corrected chi connectivity index (χ1v) is 6.70. The molecule has 0 fully saturated rings. The Morgan fingerprint density at radius 1 is 1.38 bits per heavy atom. The molecule has 0 aliphatic heterocycles. The first-order valence-electron chi connectivity index (χ1n) is 6.70. The number of carbonyl (C=O) groups excluding carboxylic acids is 1. The number of carbonyl (C=O) groups is 1. The molecule has 3 N–H and O–H groups in total. The highest BCUT2D eigenvalue weighted by Crippen LogP contribution is 2.12. The molecular weight excluding hydrogens is 262 g/mol. The van der Waals surface area contributed by atoms with E-state index in [0.29, 0.717) is 12.1 Å². The molecule has 4 heteroatoms. The molecule has 2 aromatic rings. The third-order valence-corrected chi connectivity index (χ3v) is 2.99. The van der Waals surface area contributed by atoms with Gasteiger partial charge in [0.2, 0.25) is 0 Å². The number of pyridine rings is 1. The molecule has 1 heterocycles. The van der Waals surface area contributed by atoms with Crippen LogP contribution in [0.4, 0.5) is 0 Å². The predicted octanol–water partition coefficient (Wildman–Crippen LogP) is 1.88. The van der Waals surface area contributed by atoms with Crippen molar-refractivity contribution in [1.29, 1.82) is 0 Å². The molecule has 0 spiro atoms. The van der Waals surface area contributed by atoms with E-state index in [0.717, 1.165) is 11.1 Å². The van der Waals surface area contributed by atoms with Crippen LogP contribution in [0.15, 0.2) is 48.8 Å². The molecule has 1 amide bonds. The van der Waals surface area contributed by atoms with E-state index in [1.54, 1.807) is 24.5 Å².